The van der Waals surface area contributed by atoms with Crippen LogP contribution in [-0.4, -0.2) is 0 Å². The van der Waals surface area contributed by atoms with E-state index in [2.05, 4.69) is 44.2 Å². The predicted molar refractivity (Wildman–Crippen MR) is 66.0 cm³/mol. The summed E-state index contributed by atoms with van der Waals surface area (Å²) in [5, 5.41) is 2.71. The molecule has 0 aliphatic carbocycles. The van der Waals surface area contributed by atoms with Crippen LogP contribution in [-0.2, 0) is 13.0 Å². The quantitative estimate of drug-likeness (QED) is 0.790. The van der Waals surface area contributed by atoms with Gasteiger partial charge in [-0.15, -0.1) is 0 Å². The highest BCUT2D eigenvalue weighted by atomic mass is 14.5. The Kier molecular flexibility index (Phi) is 2.74. The molecule has 0 fully saturated rings. The van der Waals surface area contributed by atoms with Crippen LogP contribution in [0, 0.1) is 6.92 Å². The molecule has 2 aromatic rings. The van der Waals surface area contributed by atoms with Gasteiger partial charge < -0.3 is 5.73 Å². The molecule has 2 N–H and O–H groups in total. The largest absolute Gasteiger partial charge is 0.326 e. The molecule has 0 radical (unpaired) electrons. The highest BCUT2D eigenvalue weighted by Gasteiger charge is 2.05. The van der Waals surface area contributed by atoms with Gasteiger partial charge in [0.1, 0.15) is 0 Å². The second-order valence-corrected chi connectivity index (χ2v) is 3.93. The SMILES string of the molecule is CCc1c(CN)ccc2c(C)cccc12. The third-order valence-corrected chi connectivity index (χ3v) is 3.06. The summed E-state index contributed by atoms with van der Waals surface area (Å²) in [4.78, 5) is 0. The molecule has 0 spiro atoms. The fourth-order valence-corrected chi connectivity index (χ4v) is 2.23. The first kappa shape index (κ1) is 10.2. The average molecular weight is 199 g/mol. The van der Waals surface area contributed by atoms with Gasteiger partial charge in [-0.3, -0.25) is 0 Å². The van der Waals surface area contributed by atoms with Gasteiger partial charge in [-0.2, -0.15) is 0 Å². The minimum Gasteiger partial charge on any atom is -0.326 e. The number of benzene rings is 2. The maximum absolute atomic E-state index is 5.76. The standard InChI is InChI=1S/C14H17N/c1-3-12-11(9-15)7-8-13-10(2)5-4-6-14(12)13/h4-8H,3,9,15H2,1-2H3. The lowest BCUT2D eigenvalue weighted by molar-refractivity contribution is 1.01. The molecule has 0 heterocycles. The molecule has 1 heteroatoms. The summed E-state index contributed by atoms with van der Waals surface area (Å²) >= 11 is 0. The van der Waals surface area contributed by atoms with E-state index in [-0.39, 0.29) is 0 Å². The van der Waals surface area contributed by atoms with Gasteiger partial charge in [0.25, 0.3) is 0 Å². The van der Waals surface area contributed by atoms with Crippen molar-refractivity contribution in [1.29, 1.82) is 0 Å². The van der Waals surface area contributed by atoms with Crippen LogP contribution in [0.15, 0.2) is 30.3 Å². The lowest BCUT2D eigenvalue weighted by atomic mass is 9.95. The van der Waals surface area contributed by atoms with Crippen LogP contribution >= 0.6 is 0 Å². The molecule has 2 aromatic carbocycles. The second kappa shape index (κ2) is 4.03. The van der Waals surface area contributed by atoms with Crippen LogP contribution in [0.5, 0.6) is 0 Å². The van der Waals surface area contributed by atoms with E-state index in [4.69, 9.17) is 5.73 Å². The lowest BCUT2D eigenvalue weighted by Crippen LogP contribution is -2.01. The topological polar surface area (TPSA) is 26.0 Å². The van der Waals surface area contributed by atoms with Gasteiger partial charge in [0, 0.05) is 6.54 Å². The Morgan fingerprint density at radius 1 is 1.07 bits per heavy atom. The molecule has 15 heavy (non-hydrogen) atoms. The summed E-state index contributed by atoms with van der Waals surface area (Å²) in [6.45, 7) is 4.98. The molecule has 0 bridgehead atoms. The molecule has 0 atom stereocenters. The molecular weight excluding hydrogens is 182 g/mol. The predicted octanol–water partition coefficient (Wildman–Crippen LogP) is 3.17. The lowest BCUT2D eigenvalue weighted by Gasteiger charge is -2.11. The van der Waals surface area contributed by atoms with Gasteiger partial charge in [0.15, 0.2) is 0 Å². The van der Waals surface area contributed by atoms with Gasteiger partial charge in [0.05, 0.1) is 0 Å². The maximum Gasteiger partial charge on any atom is 0.0181 e. The van der Waals surface area contributed by atoms with Crippen LogP contribution in [0.2, 0.25) is 0 Å². The Bertz CT molecular complexity index is 486. The Morgan fingerprint density at radius 2 is 1.87 bits per heavy atom. The number of hydrogen-bond acceptors (Lipinski definition) is 1. The summed E-state index contributed by atoms with van der Waals surface area (Å²) in [7, 11) is 0. The molecule has 0 aliphatic rings. The monoisotopic (exact) mass is 199 g/mol. The van der Waals surface area contributed by atoms with Crippen LogP contribution in [0.3, 0.4) is 0 Å². The average Bonchev–Trinajstić information content (AvgIpc) is 2.28. The number of hydrogen-bond donors (Lipinski definition) is 1. The molecule has 0 unspecified atom stereocenters. The van der Waals surface area contributed by atoms with Crippen molar-refractivity contribution in [1.82, 2.24) is 0 Å². The molecule has 0 aromatic heterocycles. The molecule has 0 saturated heterocycles. The van der Waals surface area contributed by atoms with E-state index in [0.29, 0.717) is 6.54 Å². The van der Waals surface area contributed by atoms with Crippen molar-refractivity contribution in [3.05, 3.63) is 47.0 Å². The van der Waals surface area contributed by atoms with Gasteiger partial charge in [0.2, 0.25) is 0 Å². The van der Waals surface area contributed by atoms with E-state index in [1.165, 1.54) is 27.5 Å². The van der Waals surface area contributed by atoms with Crippen molar-refractivity contribution in [3.63, 3.8) is 0 Å². The van der Waals surface area contributed by atoms with Crippen molar-refractivity contribution in [2.75, 3.05) is 0 Å². The molecule has 0 amide bonds. The molecule has 0 saturated carbocycles. The van der Waals surface area contributed by atoms with Gasteiger partial charge in [-0.25, -0.2) is 0 Å². The van der Waals surface area contributed by atoms with Crippen molar-refractivity contribution in [2.24, 2.45) is 5.73 Å². The minimum absolute atomic E-state index is 0.632. The summed E-state index contributed by atoms with van der Waals surface area (Å²) in [6, 6.07) is 10.8. The number of rotatable bonds is 2. The van der Waals surface area contributed by atoms with Crippen molar-refractivity contribution < 1.29 is 0 Å². The molecule has 2 rings (SSSR count). The number of fused-ring (bicyclic) bond motifs is 1. The minimum atomic E-state index is 0.632. The summed E-state index contributed by atoms with van der Waals surface area (Å²) < 4.78 is 0. The van der Waals surface area contributed by atoms with Crippen molar-refractivity contribution >= 4 is 10.8 Å². The second-order valence-electron chi connectivity index (χ2n) is 3.93. The fourth-order valence-electron chi connectivity index (χ4n) is 2.23. The Labute approximate surface area is 90.9 Å². The third kappa shape index (κ3) is 1.64. The van der Waals surface area contributed by atoms with E-state index in [1.54, 1.807) is 0 Å². The van der Waals surface area contributed by atoms with E-state index >= 15 is 0 Å². The third-order valence-electron chi connectivity index (χ3n) is 3.06. The normalized spacial score (nSPS) is 10.9. The van der Waals surface area contributed by atoms with E-state index in [9.17, 15) is 0 Å². The van der Waals surface area contributed by atoms with Crippen molar-refractivity contribution in [3.8, 4) is 0 Å². The molecule has 1 nitrogen and oxygen atoms in total. The van der Waals surface area contributed by atoms with Crippen LogP contribution in [0.25, 0.3) is 10.8 Å². The zero-order valence-corrected chi connectivity index (χ0v) is 9.38. The highest BCUT2D eigenvalue weighted by Crippen LogP contribution is 2.25. The Balaban J connectivity index is 2.82. The van der Waals surface area contributed by atoms with Gasteiger partial charge in [-0.05, 0) is 40.8 Å². The first-order valence-corrected chi connectivity index (χ1v) is 5.48. The maximum atomic E-state index is 5.76. The molecule has 78 valence electrons. The Morgan fingerprint density at radius 3 is 2.53 bits per heavy atom. The summed E-state index contributed by atoms with van der Waals surface area (Å²) in [5.41, 5.74) is 9.77. The first-order valence-electron chi connectivity index (χ1n) is 5.48. The number of aryl methyl sites for hydroxylation is 2. The summed E-state index contributed by atoms with van der Waals surface area (Å²) in [6.07, 6.45) is 1.05. The zero-order valence-electron chi connectivity index (χ0n) is 9.38. The first-order chi connectivity index (χ1) is 7.27. The zero-order chi connectivity index (χ0) is 10.8. The smallest absolute Gasteiger partial charge is 0.0181 e. The van der Waals surface area contributed by atoms with Crippen LogP contribution in [0.4, 0.5) is 0 Å². The van der Waals surface area contributed by atoms with E-state index in [1.807, 2.05) is 0 Å². The van der Waals surface area contributed by atoms with Crippen LogP contribution in [0.1, 0.15) is 23.6 Å². The Hall–Kier alpha value is -1.34. The van der Waals surface area contributed by atoms with Crippen molar-refractivity contribution in [2.45, 2.75) is 26.8 Å². The van der Waals surface area contributed by atoms with Crippen LogP contribution < -0.4 is 5.73 Å². The number of nitrogens with two attached hydrogens (primary N) is 1. The van der Waals surface area contributed by atoms with Gasteiger partial charge in [-0.1, -0.05) is 37.3 Å². The van der Waals surface area contributed by atoms with E-state index < -0.39 is 0 Å². The fraction of sp³-hybridized carbons (Fsp3) is 0.286. The summed E-state index contributed by atoms with van der Waals surface area (Å²) in [5.74, 6) is 0. The van der Waals surface area contributed by atoms with E-state index in [0.717, 1.165) is 6.42 Å². The molecular formula is C14H17N. The molecule has 0 aliphatic heterocycles. The highest BCUT2D eigenvalue weighted by molar-refractivity contribution is 5.89. The van der Waals surface area contributed by atoms with Gasteiger partial charge >= 0.3 is 0 Å².